The van der Waals surface area contributed by atoms with E-state index >= 15 is 0 Å². The number of hydrogen-bond acceptors (Lipinski definition) is 3. The highest BCUT2D eigenvalue weighted by Gasteiger charge is 2.37. The molecule has 1 N–H and O–H groups in total. The first-order chi connectivity index (χ1) is 7.72. The topological polar surface area (TPSA) is 41.6 Å². The Kier molecular flexibility index (Phi) is 5.70. The first-order valence-corrected chi connectivity index (χ1v) is 6.34. The summed E-state index contributed by atoms with van der Waals surface area (Å²) in [4.78, 5) is 14.4. The van der Waals surface area contributed by atoms with Crippen LogP contribution in [-0.2, 0) is 9.53 Å². The van der Waals surface area contributed by atoms with E-state index in [0.29, 0.717) is 6.61 Å². The van der Waals surface area contributed by atoms with E-state index in [1.165, 1.54) is 6.42 Å². The standard InChI is InChI=1S/C12H22N2O2.ClH/c1-12(5-2-3-6-13-12)11(15)14-7-4-9-16-10-8-14;/h13H,2-10H2,1H3;1H. The lowest BCUT2D eigenvalue weighted by Crippen LogP contribution is -2.58. The zero-order chi connectivity index (χ0) is 11.4. The van der Waals surface area contributed by atoms with Gasteiger partial charge in [0.1, 0.15) is 0 Å². The summed E-state index contributed by atoms with van der Waals surface area (Å²) in [5, 5.41) is 3.38. The highest BCUT2D eigenvalue weighted by atomic mass is 35.5. The van der Waals surface area contributed by atoms with Crippen LogP contribution in [-0.4, -0.2) is 49.2 Å². The second-order valence-electron chi connectivity index (χ2n) is 4.97. The lowest BCUT2D eigenvalue weighted by atomic mass is 9.89. The molecule has 0 aliphatic carbocycles. The highest BCUT2D eigenvalue weighted by molar-refractivity contribution is 5.86. The molecule has 2 heterocycles. The summed E-state index contributed by atoms with van der Waals surface area (Å²) < 4.78 is 5.38. The van der Waals surface area contributed by atoms with Gasteiger partial charge in [-0.2, -0.15) is 0 Å². The van der Waals surface area contributed by atoms with E-state index < -0.39 is 0 Å². The maximum absolute atomic E-state index is 12.4. The Morgan fingerprint density at radius 3 is 2.76 bits per heavy atom. The van der Waals surface area contributed by atoms with Crippen molar-refractivity contribution in [3.8, 4) is 0 Å². The second-order valence-corrected chi connectivity index (χ2v) is 4.97. The molecule has 0 bridgehead atoms. The Balaban J connectivity index is 0.00000144. The van der Waals surface area contributed by atoms with Gasteiger partial charge in [0.25, 0.3) is 0 Å². The summed E-state index contributed by atoms with van der Waals surface area (Å²) in [6, 6.07) is 0. The molecule has 1 atom stereocenters. The molecule has 0 spiro atoms. The summed E-state index contributed by atoms with van der Waals surface area (Å²) in [6.07, 6.45) is 4.26. The molecule has 100 valence electrons. The summed E-state index contributed by atoms with van der Waals surface area (Å²) >= 11 is 0. The van der Waals surface area contributed by atoms with Crippen molar-refractivity contribution in [2.45, 2.75) is 38.1 Å². The zero-order valence-electron chi connectivity index (χ0n) is 10.5. The normalized spacial score (nSPS) is 30.3. The number of hydrogen-bond donors (Lipinski definition) is 1. The van der Waals surface area contributed by atoms with Crippen molar-refractivity contribution < 1.29 is 9.53 Å². The summed E-state index contributed by atoms with van der Waals surface area (Å²) in [5.74, 6) is 0.262. The van der Waals surface area contributed by atoms with Crippen molar-refractivity contribution in [3.63, 3.8) is 0 Å². The number of carbonyl (C=O) groups is 1. The van der Waals surface area contributed by atoms with Gasteiger partial charge in [0.15, 0.2) is 0 Å². The quantitative estimate of drug-likeness (QED) is 0.772. The van der Waals surface area contributed by atoms with Crippen LogP contribution in [0.1, 0.15) is 32.6 Å². The van der Waals surface area contributed by atoms with Crippen molar-refractivity contribution in [2.24, 2.45) is 0 Å². The van der Waals surface area contributed by atoms with Gasteiger partial charge in [-0.15, -0.1) is 12.4 Å². The van der Waals surface area contributed by atoms with Gasteiger partial charge >= 0.3 is 0 Å². The number of carbonyl (C=O) groups excluding carboxylic acids is 1. The van der Waals surface area contributed by atoms with Crippen molar-refractivity contribution in [1.29, 1.82) is 0 Å². The minimum atomic E-state index is -0.331. The minimum absolute atomic E-state index is 0. The van der Waals surface area contributed by atoms with Crippen LogP contribution >= 0.6 is 12.4 Å². The fourth-order valence-corrected chi connectivity index (χ4v) is 2.54. The predicted octanol–water partition coefficient (Wildman–Crippen LogP) is 1.19. The van der Waals surface area contributed by atoms with Gasteiger partial charge < -0.3 is 15.0 Å². The van der Waals surface area contributed by atoms with Gasteiger partial charge in [0, 0.05) is 19.7 Å². The molecule has 1 amide bonds. The Morgan fingerprint density at radius 2 is 2.06 bits per heavy atom. The zero-order valence-corrected chi connectivity index (χ0v) is 11.4. The smallest absolute Gasteiger partial charge is 0.242 e. The third kappa shape index (κ3) is 3.57. The lowest BCUT2D eigenvalue weighted by Gasteiger charge is -2.37. The van der Waals surface area contributed by atoms with Gasteiger partial charge in [-0.05, 0) is 39.2 Å². The molecule has 5 heteroatoms. The van der Waals surface area contributed by atoms with Crippen LogP contribution in [0.3, 0.4) is 0 Å². The lowest BCUT2D eigenvalue weighted by molar-refractivity contribution is -0.138. The number of nitrogens with one attached hydrogen (secondary N) is 1. The van der Waals surface area contributed by atoms with E-state index in [-0.39, 0.29) is 23.9 Å². The Bertz CT molecular complexity index is 247. The SMILES string of the molecule is CC1(C(=O)N2CCCOCC2)CCCCN1.Cl. The van der Waals surface area contributed by atoms with E-state index in [1.807, 2.05) is 11.8 Å². The first kappa shape index (κ1) is 14.7. The number of rotatable bonds is 1. The molecule has 0 aromatic rings. The van der Waals surface area contributed by atoms with Gasteiger partial charge in [-0.1, -0.05) is 0 Å². The number of halogens is 1. The number of nitrogens with zero attached hydrogens (tertiary/aromatic N) is 1. The Labute approximate surface area is 109 Å². The largest absolute Gasteiger partial charge is 0.380 e. The molecule has 0 radical (unpaired) electrons. The van der Waals surface area contributed by atoms with Crippen molar-refractivity contribution >= 4 is 18.3 Å². The van der Waals surface area contributed by atoms with Crippen LogP contribution in [0, 0.1) is 0 Å². The first-order valence-electron chi connectivity index (χ1n) is 6.34. The maximum atomic E-state index is 12.4. The van der Waals surface area contributed by atoms with Crippen LogP contribution < -0.4 is 5.32 Å². The maximum Gasteiger partial charge on any atom is 0.242 e. The molecule has 2 rings (SSSR count). The molecular weight excluding hydrogens is 240 g/mol. The minimum Gasteiger partial charge on any atom is -0.380 e. The molecule has 0 saturated carbocycles. The van der Waals surface area contributed by atoms with E-state index in [4.69, 9.17) is 4.74 Å². The molecule has 2 aliphatic heterocycles. The fraction of sp³-hybridized carbons (Fsp3) is 0.917. The molecule has 2 aliphatic rings. The number of piperidine rings is 1. The van der Waals surface area contributed by atoms with Crippen LogP contribution in [0.4, 0.5) is 0 Å². The van der Waals surface area contributed by atoms with E-state index in [2.05, 4.69) is 5.32 Å². The number of ether oxygens (including phenoxy) is 1. The van der Waals surface area contributed by atoms with Crippen molar-refractivity contribution in [2.75, 3.05) is 32.8 Å². The molecule has 1 unspecified atom stereocenters. The molecule has 0 aromatic heterocycles. The second kappa shape index (κ2) is 6.57. The molecule has 2 saturated heterocycles. The van der Waals surface area contributed by atoms with E-state index in [9.17, 15) is 4.79 Å². The monoisotopic (exact) mass is 262 g/mol. The average molecular weight is 263 g/mol. The van der Waals surface area contributed by atoms with Crippen LogP contribution in [0.2, 0.25) is 0 Å². The Morgan fingerprint density at radius 1 is 1.24 bits per heavy atom. The van der Waals surface area contributed by atoms with Crippen LogP contribution in [0.5, 0.6) is 0 Å². The van der Waals surface area contributed by atoms with Gasteiger partial charge in [0.05, 0.1) is 12.1 Å². The van der Waals surface area contributed by atoms with Crippen LogP contribution in [0.25, 0.3) is 0 Å². The molecule has 0 aromatic carbocycles. The Hall–Kier alpha value is -0.320. The van der Waals surface area contributed by atoms with E-state index in [1.54, 1.807) is 0 Å². The van der Waals surface area contributed by atoms with Gasteiger partial charge in [-0.3, -0.25) is 4.79 Å². The molecular formula is C12H23ClN2O2. The number of amides is 1. The van der Waals surface area contributed by atoms with E-state index in [0.717, 1.165) is 45.5 Å². The van der Waals surface area contributed by atoms with Gasteiger partial charge in [0.2, 0.25) is 5.91 Å². The third-order valence-electron chi connectivity index (χ3n) is 3.60. The molecule has 17 heavy (non-hydrogen) atoms. The third-order valence-corrected chi connectivity index (χ3v) is 3.60. The summed E-state index contributed by atoms with van der Waals surface area (Å²) in [6.45, 7) is 6.06. The average Bonchev–Trinajstić information content (AvgIpc) is 2.57. The summed E-state index contributed by atoms with van der Waals surface area (Å²) in [7, 11) is 0. The van der Waals surface area contributed by atoms with Crippen molar-refractivity contribution in [3.05, 3.63) is 0 Å². The van der Waals surface area contributed by atoms with Gasteiger partial charge in [-0.25, -0.2) is 0 Å². The fourth-order valence-electron chi connectivity index (χ4n) is 2.54. The predicted molar refractivity (Wildman–Crippen MR) is 69.5 cm³/mol. The molecule has 2 fully saturated rings. The van der Waals surface area contributed by atoms with Crippen LogP contribution in [0.15, 0.2) is 0 Å². The van der Waals surface area contributed by atoms with Crippen molar-refractivity contribution in [1.82, 2.24) is 10.2 Å². The summed E-state index contributed by atoms with van der Waals surface area (Å²) in [5.41, 5.74) is -0.331. The highest BCUT2D eigenvalue weighted by Crippen LogP contribution is 2.21. The molecule has 4 nitrogen and oxygen atoms in total.